The lowest BCUT2D eigenvalue weighted by atomic mass is 9.81. The first-order valence-corrected chi connectivity index (χ1v) is 10.3. The fraction of sp³-hybridized carbons (Fsp3) is 0.429. The molecule has 3 heterocycles. The summed E-state index contributed by atoms with van der Waals surface area (Å²) in [6.45, 7) is 0. The number of nitrogens with zero attached hydrogens (tertiary/aromatic N) is 4. The molecule has 1 amide bonds. The molecule has 5 rings (SSSR count). The van der Waals surface area contributed by atoms with E-state index >= 15 is 0 Å². The first-order chi connectivity index (χ1) is 14.6. The van der Waals surface area contributed by atoms with Crippen LogP contribution in [0.5, 0.6) is 5.75 Å². The van der Waals surface area contributed by atoms with E-state index in [0.717, 1.165) is 60.6 Å². The lowest BCUT2D eigenvalue weighted by Gasteiger charge is -2.25. The maximum Gasteiger partial charge on any atom is 0.220 e. The van der Waals surface area contributed by atoms with Crippen LogP contribution in [-0.4, -0.2) is 32.6 Å². The number of hydrogen-bond acceptors (Lipinski definition) is 7. The summed E-state index contributed by atoms with van der Waals surface area (Å²) in [5.41, 5.74) is 15.5. The van der Waals surface area contributed by atoms with Crippen molar-refractivity contribution in [3.05, 3.63) is 41.6 Å². The van der Waals surface area contributed by atoms with Crippen LogP contribution < -0.4 is 21.5 Å². The Hall–Kier alpha value is -3.36. The molecule has 9 nitrogen and oxygen atoms in total. The summed E-state index contributed by atoms with van der Waals surface area (Å²) in [4.78, 5) is 20.8. The minimum Gasteiger partial charge on any atom is -0.495 e. The summed E-state index contributed by atoms with van der Waals surface area (Å²) >= 11 is 0. The van der Waals surface area contributed by atoms with Crippen molar-refractivity contribution in [3.8, 4) is 5.75 Å². The molecule has 1 unspecified atom stereocenters. The smallest absolute Gasteiger partial charge is 0.220 e. The number of hydrogen-bond donors (Lipinski definition) is 3. The molecule has 1 aliphatic carbocycles. The molecule has 5 N–H and O–H groups in total. The number of ether oxygens (including phenoxy) is 1. The molecular formula is C21H25N7O2. The minimum absolute atomic E-state index is 0.0460. The molecule has 9 heteroatoms. The van der Waals surface area contributed by atoms with Crippen LogP contribution in [0.3, 0.4) is 0 Å². The fourth-order valence-electron chi connectivity index (χ4n) is 4.84. The number of nitrogen functional groups attached to an aromatic ring is 1. The summed E-state index contributed by atoms with van der Waals surface area (Å²) in [5.74, 6) is 2.04. The molecular weight excluding hydrogens is 382 g/mol. The molecule has 156 valence electrons. The second kappa shape index (κ2) is 7.16. The Morgan fingerprint density at radius 1 is 1.27 bits per heavy atom. The second-order valence-corrected chi connectivity index (χ2v) is 8.11. The molecule has 1 saturated carbocycles. The highest BCUT2D eigenvalue weighted by Crippen LogP contribution is 2.43. The molecule has 2 aromatic heterocycles. The fourth-order valence-corrected chi connectivity index (χ4v) is 4.84. The number of primary amides is 1. The quantitative estimate of drug-likeness (QED) is 0.603. The average molecular weight is 407 g/mol. The zero-order chi connectivity index (χ0) is 20.8. The number of amides is 1. The normalized spacial score (nSPS) is 23.2. The molecule has 3 aromatic rings. The van der Waals surface area contributed by atoms with E-state index in [2.05, 4.69) is 21.5 Å². The number of nitrogens with two attached hydrogens (primary N) is 2. The Morgan fingerprint density at radius 3 is 2.80 bits per heavy atom. The van der Waals surface area contributed by atoms with Gasteiger partial charge in [0.1, 0.15) is 23.4 Å². The largest absolute Gasteiger partial charge is 0.495 e. The highest BCUT2D eigenvalue weighted by atomic mass is 16.5. The van der Waals surface area contributed by atoms with Crippen molar-refractivity contribution in [3.63, 3.8) is 0 Å². The number of rotatable bonds is 4. The average Bonchev–Trinajstić information content (AvgIpc) is 3.36. The van der Waals surface area contributed by atoms with Crippen LogP contribution >= 0.6 is 0 Å². The van der Waals surface area contributed by atoms with Gasteiger partial charge in [0.2, 0.25) is 5.91 Å². The Bertz CT molecular complexity index is 1120. The van der Waals surface area contributed by atoms with Crippen LogP contribution in [0.4, 0.5) is 11.5 Å². The van der Waals surface area contributed by atoms with Gasteiger partial charge in [-0.1, -0.05) is 12.1 Å². The summed E-state index contributed by atoms with van der Waals surface area (Å²) in [7, 11) is 1.67. The number of methoxy groups -OCH3 is 1. The molecule has 0 bridgehead atoms. The number of carbonyl (C=O) groups excluding carboxylic acids is 1. The molecule has 0 radical (unpaired) electrons. The Kier molecular flexibility index (Phi) is 4.45. The van der Waals surface area contributed by atoms with Crippen LogP contribution in [0.15, 0.2) is 24.5 Å². The lowest BCUT2D eigenvalue weighted by Crippen LogP contribution is -2.27. The van der Waals surface area contributed by atoms with E-state index in [1.54, 1.807) is 7.11 Å². The summed E-state index contributed by atoms with van der Waals surface area (Å²) in [6, 6.07) is 5.98. The SMILES string of the molecule is COc1cccc2c1NC(c1nc([C@H]3CC[C@H](C(N)=O)CC3)n3ncnc(N)c13)C2. The highest BCUT2D eigenvalue weighted by molar-refractivity contribution is 5.77. The van der Waals surface area contributed by atoms with Gasteiger partial charge >= 0.3 is 0 Å². The molecule has 1 fully saturated rings. The van der Waals surface area contributed by atoms with Crippen LogP contribution in [0.2, 0.25) is 0 Å². The van der Waals surface area contributed by atoms with E-state index in [-0.39, 0.29) is 23.8 Å². The van der Waals surface area contributed by atoms with E-state index in [9.17, 15) is 4.79 Å². The number of benzene rings is 1. The number of fused-ring (bicyclic) bond motifs is 2. The summed E-state index contributed by atoms with van der Waals surface area (Å²) < 4.78 is 7.34. The van der Waals surface area contributed by atoms with Crippen molar-refractivity contribution >= 4 is 22.9 Å². The number of aromatic nitrogens is 4. The lowest BCUT2D eigenvalue weighted by molar-refractivity contribution is -0.122. The number of para-hydroxylation sites is 1. The van der Waals surface area contributed by atoms with Gasteiger partial charge < -0.3 is 21.5 Å². The molecule has 1 atom stereocenters. The molecule has 0 spiro atoms. The minimum atomic E-state index is -0.212. The Labute approximate surface area is 173 Å². The molecule has 0 saturated heterocycles. The molecule has 1 aromatic carbocycles. The van der Waals surface area contributed by atoms with Crippen LogP contribution in [0.1, 0.15) is 54.7 Å². The maximum atomic E-state index is 11.5. The van der Waals surface area contributed by atoms with Gasteiger partial charge in [-0.15, -0.1) is 0 Å². The molecule has 2 aliphatic rings. The number of imidazole rings is 1. The van der Waals surface area contributed by atoms with E-state index < -0.39 is 0 Å². The van der Waals surface area contributed by atoms with Crippen LogP contribution in [0.25, 0.3) is 5.52 Å². The van der Waals surface area contributed by atoms with Crippen molar-refractivity contribution in [1.29, 1.82) is 0 Å². The van der Waals surface area contributed by atoms with Crippen molar-refractivity contribution in [2.45, 2.75) is 44.1 Å². The van der Waals surface area contributed by atoms with E-state index in [4.69, 9.17) is 21.2 Å². The van der Waals surface area contributed by atoms with Gasteiger partial charge in [-0.2, -0.15) is 5.10 Å². The van der Waals surface area contributed by atoms with E-state index in [0.29, 0.717) is 5.82 Å². The predicted molar refractivity (Wildman–Crippen MR) is 112 cm³/mol. The van der Waals surface area contributed by atoms with Crippen molar-refractivity contribution in [1.82, 2.24) is 19.6 Å². The van der Waals surface area contributed by atoms with Crippen molar-refractivity contribution in [2.24, 2.45) is 11.7 Å². The predicted octanol–water partition coefficient (Wildman–Crippen LogP) is 2.18. The highest BCUT2D eigenvalue weighted by Gasteiger charge is 2.33. The summed E-state index contributed by atoms with van der Waals surface area (Å²) in [6.07, 6.45) is 5.49. The maximum absolute atomic E-state index is 11.5. The van der Waals surface area contributed by atoms with Crippen molar-refractivity contribution in [2.75, 3.05) is 18.2 Å². The Balaban J connectivity index is 1.52. The van der Waals surface area contributed by atoms with E-state index in [1.807, 2.05) is 16.6 Å². The molecule has 30 heavy (non-hydrogen) atoms. The van der Waals surface area contributed by atoms with Gasteiger partial charge in [-0.3, -0.25) is 4.79 Å². The zero-order valence-electron chi connectivity index (χ0n) is 16.8. The van der Waals surface area contributed by atoms with Gasteiger partial charge in [0.25, 0.3) is 0 Å². The first kappa shape index (κ1) is 18.7. The Morgan fingerprint density at radius 2 is 2.07 bits per heavy atom. The number of carbonyl (C=O) groups is 1. The van der Waals surface area contributed by atoms with Gasteiger partial charge in [0.15, 0.2) is 5.82 Å². The third-order valence-corrected chi connectivity index (χ3v) is 6.41. The number of nitrogens with one attached hydrogen (secondary N) is 1. The van der Waals surface area contributed by atoms with Gasteiger partial charge in [0, 0.05) is 18.3 Å². The first-order valence-electron chi connectivity index (χ1n) is 10.3. The van der Waals surface area contributed by atoms with Gasteiger partial charge in [-0.25, -0.2) is 14.5 Å². The van der Waals surface area contributed by atoms with Crippen LogP contribution in [-0.2, 0) is 11.2 Å². The topological polar surface area (TPSA) is 133 Å². The standard InChI is InChI=1S/C21H25N7O2/c1-30-15-4-2-3-13-9-14(26-16(13)15)17-18-19(22)24-10-25-28(18)21(27-17)12-7-5-11(6-8-12)20(23)29/h2-4,10-12,14,26H,5-9H2,1H3,(H2,23,29)(H2,22,24,25)/t11-,12-,14?. The van der Waals surface area contributed by atoms with E-state index in [1.165, 1.54) is 11.9 Å². The molecule has 1 aliphatic heterocycles. The van der Waals surface area contributed by atoms with Crippen molar-refractivity contribution < 1.29 is 9.53 Å². The van der Waals surface area contributed by atoms with Gasteiger partial charge in [-0.05, 0) is 37.3 Å². The third-order valence-electron chi connectivity index (χ3n) is 6.41. The third kappa shape index (κ3) is 2.92. The summed E-state index contributed by atoms with van der Waals surface area (Å²) in [5, 5.41) is 8.02. The van der Waals surface area contributed by atoms with Gasteiger partial charge in [0.05, 0.1) is 24.5 Å². The monoisotopic (exact) mass is 407 g/mol. The number of anilines is 2. The second-order valence-electron chi connectivity index (χ2n) is 8.11. The zero-order valence-corrected chi connectivity index (χ0v) is 16.8. The van der Waals surface area contributed by atoms with Crippen LogP contribution in [0, 0.1) is 5.92 Å².